The molecule has 1 amide bonds. The van der Waals surface area contributed by atoms with E-state index >= 15 is 0 Å². The van der Waals surface area contributed by atoms with E-state index < -0.39 is 23.9 Å². The van der Waals surface area contributed by atoms with Gasteiger partial charge < -0.3 is 24.3 Å². The molecule has 44 heavy (non-hydrogen) atoms. The molecule has 1 atom stereocenters. The van der Waals surface area contributed by atoms with Gasteiger partial charge in [-0.3, -0.25) is 4.98 Å². The lowest BCUT2D eigenvalue weighted by atomic mass is 9.78. The number of piperidine rings is 1. The fourth-order valence-electron chi connectivity index (χ4n) is 4.86. The molecule has 0 bridgehead atoms. The highest BCUT2D eigenvalue weighted by molar-refractivity contribution is 14.2. The normalized spacial score (nSPS) is 18.1. The quantitative estimate of drug-likeness (QED) is 0.168. The molecule has 1 unspecified atom stereocenters. The Hall–Kier alpha value is -2.02. The molecular formula is C31H49BIN6O4P. The first kappa shape index (κ1) is 36.5. The van der Waals surface area contributed by atoms with Gasteiger partial charge in [-0.25, -0.2) is 14.2 Å². The fraction of sp³-hybridized carbons (Fsp3) is 0.613. The highest BCUT2D eigenvalue weighted by Gasteiger charge is 2.51. The molecule has 2 aliphatic rings. The minimum atomic E-state index is -0.513. The van der Waals surface area contributed by atoms with Gasteiger partial charge in [0.2, 0.25) is 0 Å². The van der Waals surface area contributed by atoms with Crippen molar-refractivity contribution in [2.45, 2.75) is 112 Å². The summed E-state index contributed by atoms with van der Waals surface area (Å²) in [5.74, 6) is 0.801. The highest BCUT2D eigenvalue weighted by Crippen LogP contribution is 2.38. The van der Waals surface area contributed by atoms with E-state index in [1.807, 2.05) is 52.9 Å². The number of hydrogen-bond donors (Lipinski definition) is 1. The van der Waals surface area contributed by atoms with Crippen molar-refractivity contribution in [3.8, 4) is 11.4 Å². The van der Waals surface area contributed by atoms with E-state index in [0.29, 0.717) is 6.37 Å². The molecule has 13 heteroatoms. The van der Waals surface area contributed by atoms with Crippen LogP contribution in [-0.4, -0.2) is 68.7 Å². The lowest BCUT2D eigenvalue weighted by molar-refractivity contribution is 0.00578. The molecule has 5 rings (SSSR count). The summed E-state index contributed by atoms with van der Waals surface area (Å²) in [6.45, 7) is 23.4. The van der Waals surface area contributed by atoms with Gasteiger partial charge >= 0.3 is 13.2 Å². The summed E-state index contributed by atoms with van der Waals surface area (Å²) in [6.07, 6.45) is 5.23. The molecule has 2 aromatic heterocycles. The lowest BCUT2D eigenvalue weighted by Crippen LogP contribution is -2.46. The summed E-state index contributed by atoms with van der Waals surface area (Å²) in [7, 11) is -0.458. The van der Waals surface area contributed by atoms with Gasteiger partial charge in [0.1, 0.15) is 22.8 Å². The Morgan fingerprint density at radius 3 is 2.25 bits per heavy atom. The Morgan fingerprint density at radius 2 is 1.68 bits per heavy atom. The number of hydrogen-bond acceptors (Lipinski definition) is 8. The van der Waals surface area contributed by atoms with Crippen LogP contribution >= 0.6 is 28.4 Å². The van der Waals surface area contributed by atoms with Gasteiger partial charge in [-0.15, -0.1) is 0 Å². The Balaban J connectivity index is 0.00000127. The first-order valence-corrected chi connectivity index (χ1v) is 19.6. The SMILES string of the molecule is CC.CC.CC(C)(C)OC(=O)NC1CCN(c2cncc(-c3nn(PI)c4ccc(B5OC(C)(C)C(C)(C)O5)cc34)n2)CC1. The molecule has 0 radical (unpaired) electrons. The number of benzene rings is 1. The Morgan fingerprint density at radius 1 is 1.07 bits per heavy atom. The topological polar surface area (TPSA) is 104 Å². The van der Waals surface area contributed by atoms with Gasteiger partial charge in [0.25, 0.3) is 0 Å². The Labute approximate surface area is 278 Å². The van der Waals surface area contributed by atoms with E-state index in [0.717, 1.165) is 59.5 Å². The van der Waals surface area contributed by atoms with Crippen molar-refractivity contribution >= 4 is 63.8 Å². The fourth-order valence-corrected chi connectivity index (χ4v) is 6.39. The van der Waals surface area contributed by atoms with Gasteiger partial charge in [-0.2, -0.15) is 5.10 Å². The number of nitrogens with zero attached hydrogens (tertiary/aromatic N) is 5. The third-order valence-electron chi connectivity index (χ3n) is 7.71. The number of aromatic nitrogens is 4. The molecule has 1 aromatic carbocycles. The van der Waals surface area contributed by atoms with E-state index in [-0.39, 0.29) is 12.1 Å². The monoisotopic (exact) mass is 738 g/mol. The molecule has 1 N–H and O–H groups in total. The molecule has 0 aliphatic carbocycles. The van der Waals surface area contributed by atoms with Gasteiger partial charge in [-0.1, -0.05) is 39.8 Å². The first-order chi connectivity index (χ1) is 20.8. The third-order valence-corrected chi connectivity index (χ3v) is 9.59. The van der Waals surface area contributed by atoms with Crippen molar-refractivity contribution in [3.05, 3.63) is 30.6 Å². The number of fused-ring (bicyclic) bond motifs is 1. The van der Waals surface area contributed by atoms with Crippen molar-refractivity contribution < 1.29 is 18.8 Å². The van der Waals surface area contributed by atoms with E-state index in [1.54, 1.807) is 12.4 Å². The Kier molecular flexibility index (Phi) is 12.5. The summed E-state index contributed by atoms with van der Waals surface area (Å²) in [4.78, 5) is 23.9. The van der Waals surface area contributed by atoms with Crippen LogP contribution in [0.4, 0.5) is 10.6 Å². The maximum Gasteiger partial charge on any atom is 0.494 e. The summed E-state index contributed by atoms with van der Waals surface area (Å²) >= 11 is 2.34. The second kappa shape index (κ2) is 15.0. The number of carbonyl (C=O) groups is 1. The van der Waals surface area contributed by atoms with E-state index in [9.17, 15) is 4.79 Å². The van der Waals surface area contributed by atoms with Crippen LogP contribution < -0.4 is 15.7 Å². The molecule has 2 saturated heterocycles. The van der Waals surface area contributed by atoms with Gasteiger partial charge in [-0.05, 0) is 94.9 Å². The molecule has 10 nitrogen and oxygen atoms in total. The number of ether oxygens (including phenoxy) is 1. The number of carbonyl (C=O) groups excluding carboxylic acids is 1. The highest BCUT2D eigenvalue weighted by atomic mass is 127. The maximum absolute atomic E-state index is 12.2. The predicted octanol–water partition coefficient (Wildman–Crippen LogP) is 7.13. The zero-order valence-electron chi connectivity index (χ0n) is 28.1. The zero-order chi connectivity index (χ0) is 32.9. The first-order valence-electron chi connectivity index (χ1n) is 15.6. The molecular weight excluding hydrogens is 689 g/mol. The summed E-state index contributed by atoms with van der Waals surface area (Å²) in [5, 5.41) is 8.90. The molecule has 4 heterocycles. The molecule has 2 aliphatic heterocycles. The molecule has 3 aromatic rings. The summed E-state index contributed by atoms with van der Waals surface area (Å²) in [5.41, 5.74) is 2.14. The maximum atomic E-state index is 12.2. The Bertz CT molecular complexity index is 1390. The third kappa shape index (κ3) is 8.41. The van der Waals surface area contributed by atoms with Gasteiger partial charge in [0, 0.05) is 24.5 Å². The van der Waals surface area contributed by atoms with Crippen molar-refractivity contribution in [1.82, 2.24) is 24.8 Å². The molecule has 0 saturated carbocycles. The van der Waals surface area contributed by atoms with E-state index in [4.69, 9.17) is 24.1 Å². The van der Waals surface area contributed by atoms with Gasteiger partial charge in [0.15, 0.2) is 0 Å². The van der Waals surface area contributed by atoms with Crippen molar-refractivity contribution in [1.29, 1.82) is 0 Å². The number of nitrogens with one attached hydrogen (secondary N) is 1. The minimum Gasteiger partial charge on any atom is -0.444 e. The second-order valence-corrected chi connectivity index (χ2v) is 14.4. The van der Waals surface area contributed by atoms with Crippen LogP contribution in [0.15, 0.2) is 30.6 Å². The molecule has 242 valence electrons. The predicted molar refractivity (Wildman–Crippen MR) is 192 cm³/mol. The van der Waals surface area contributed by atoms with Crippen molar-refractivity contribution in [2.75, 3.05) is 18.0 Å². The van der Waals surface area contributed by atoms with Crippen LogP contribution in [-0.2, 0) is 14.0 Å². The van der Waals surface area contributed by atoms with Crippen LogP contribution in [0.1, 0.15) is 89.0 Å². The van der Waals surface area contributed by atoms with Crippen LogP contribution in [0, 0.1) is 0 Å². The smallest absolute Gasteiger partial charge is 0.444 e. The van der Waals surface area contributed by atoms with E-state index in [1.165, 1.54) is 0 Å². The van der Waals surface area contributed by atoms with Crippen LogP contribution in [0.2, 0.25) is 0 Å². The minimum absolute atomic E-state index is 0.0694. The number of amides is 1. The molecule has 0 spiro atoms. The second-order valence-electron chi connectivity index (χ2n) is 12.4. The number of alkyl carbamates (subject to hydrolysis) is 1. The summed E-state index contributed by atoms with van der Waals surface area (Å²) in [6, 6.07) is 6.31. The number of rotatable bonds is 5. The zero-order valence-corrected chi connectivity index (χ0v) is 31.3. The van der Waals surface area contributed by atoms with Crippen molar-refractivity contribution in [3.63, 3.8) is 0 Å². The number of anilines is 1. The van der Waals surface area contributed by atoms with Crippen LogP contribution in [0.5, 0.6) is 0 Å². The van der Waals surface area contributed by atoms with E-state index in [2.05, 4.69) is 83.1 Å². The molecule has 2 fully saturated rings. The largest absolute Gasteiger partial charge is 0.494 e. The van der Waals surface area contributed by atoms with Crippen LogP contribution in [0.3, 0.4) is 0 Å². The summed E-state index contributed by atoms with van der Waals surface area (Å²) < 4.78 is 20.0. The standard InChI is InChI=1S/C27H37BIN6O4P.2C2H6/c1-25(2,3)37-24(36)31-18-10-12-34(13-11-18)22-16-30-15-20(32-22)23-19-14-17(8-9-21(19)35(33-23)40-29)28-38-26(4,5)27(6,7)39-28;2*1-2/h8-9,14-16,18,40H,10-13H2,1-7H3,(H,31,36);2*1-2H3. The van der Waals surface area contributed by atoms with Gasteiger partial charge in [0.05, 0.1) is 35.5 Å². The lowest BCUT2D eigenvalue weighted by Gasteiger charge is -2.33. The average molecular weight is 738 g/mol. The van der Waals surface area contributed by atoms with Crippen LogP contribution in [0.25, 0.3) is 22.3 Å². The average Bonchev–Trinajstić information content (AvgIpc) is 3.46. The van der Waals surface area contributed by atoms with Crippen molar-refractivity contribution in [2.24, 2.45) is 0 Å². The number of halogens is 1.